The number of piperazine rings is 1. The minimum atomic E-state index is -0.627. The number of nitrogens with one attached hydrogen (secondary N) is 2. The Hall–Kier alpha value is -3.03. The molecule has 2 aliphatic rings. The van der Waals surface area contributed by atoms with Gasteiger partial charge in [0.1, 0.15) is 0 Å². The van der Waals surface area contributed by atoms with Crippen molar-refractivity contribution in [1.29, 1.82) is 0 Å². The third-order valence-electron chi connectivity index (χ3n) is 6.50. The summed E-state index contributed by atoms with van der Waals surface area (Å²) in [5.41, 5.74) is 5.59. The predicted molar refractivity (Wildman–Crippen MR) is 134 cm³/mol. The number of carbonyl (C=O) groups is 2. The summed E-state index contributed by atoms with van der Waals surface area (Å²) in [7, 11) is 0. The van der Waals surface area contributed by atoms with E-state index in [0.29, 0.717) is 22.8 Å². The van der Waals surface area contributed by atoms with Crippen LogP contribution < -0.4 is 15.5 Å². The normalized spacial score (nSPS) is 19.0. The lowest BCUT2D eigenvalue weighted by Gasteiger charge is -2.38. The van der Waals surface area contributed by atoms with Crippen LogP contribution in [0.15, 0.2) is 53.7 Å². The molecule has 2 aliphatic heterocycles. The number of carbonyl (C=O) groups excluding carboxylic acids is 2. The van der Waals surface area contributed by atoms with Crippen LogP contribution in [0.25, 0.3) is 0 Å². The third-order valence-corrected chi connectivity index (χ3v) is 6.74. The minimum absolute atomic E-state index is 0.250. The number of hydrogen-bond donors (Lipinski definition) is 2. The van der Waals surface area contributed by atoms with E-state index in [0.717, 1.165) is 31.7 Å². The third kappa shape index (κ3) is 5.21. The molecule has 0 bridgehead atoms. The van der Waals surface area contributed by atoms with Crippen molar-refractivity contribution >= 4 is 29.3 Å². The maximum atomic E-state index is 13.0. The molecule has 2 amide bonds. The molecule has 0 spiro atoms. The first-order valence-electron chi connectivity index (χ1n) is 11.6. The van der Waals surface area contributed by atoms with Crippen molar-refractivity contribution in [2.45, 2.75) is 26.8 Å². The van der Waals surface area contributed by atoms with Gasteiger partial charge in [-0.2, -0.15) is 0 Å². The van der Waals surface area contributed by atoms with Gasteiger partial charge < -0.3 is 20.3 Å². The molecule has 0 aliphatic carbocycles. The van der Waals surface area contributed by atoms with Gasteiger partial charge in [-0.15, -0.1) is 0 Å². The van der Waals surface area contributed by atoms with E-state index in [1.54, 1.807) is 25.1 Å². The summed E-state index contributed by atoms with van der Waals surface area (Å²) in [5, 5.41) is 6.27. The highest BCUT2D eigenvalue weighted by Gasteiger charge is 2.34. The number of urea groups is 1. The topological polar surface area (TPSA) is 73.9 Å². The van der Waals surface area contributed by atoms with Crippen molar-refractivity contribution in [3.8, 4) is 0 Å². The van der Waals surface area contributed by atoms with E-state index < -0.39 is 12.0 Å². The van der Waals surface area contributed by atoms with E-state index in [1.165, 1.54) is 16.8 Å². The van der Waals surface area contributed by atoms with Gasteiger partial charge >= 0.3 is 12.0 Å². The highest BCUT2D eigenvalue weighted by molar-refractivity contribution is 6.30. The molecule has 4 rings (SSSR count). The van der Waals surface area contributed by atoms with Crippen LogP contribution in [0.4, 0.5) is 10.5 Å². The smallest absolute Gasteiger partial charge is 0.338 e. The summed E-state index contributed by atoms with van der Waals surface area (Å²) >= 11 is 6.19. The fourth-order valence-electron chi connectivity index (χ4n) is 4.58. The molecule has 0 unspecified atom stereocenters. The average Bonchev–Trinajstić information content (AvgIpc) is 2.81. The Kier molecular flexibility index (Phi) is 7.44. The Balaban J connectivity index is 1.56. The van der Waals surface area contributed by atoms with E-state index in [-0.39, 0.29) is 12.6 Å². The summed E-state index contributed by atoms with van der Waals surface area (Å²) in [6.07, 6.45) is 0. The van der Waals surface area contributed by atoms with Crippen molar-refractivity contribution in [1.82, 2.24) is 15.5 Å². The molecule has 0 aromatic heterocycles. The molecule has 7 nitrogen and oxygen atoms in total. The molecular formula is C26H31ClN4O3. The number of rotatable bonds is 6. The van der Waals surface area contributed by atoms with Gasteiger partial charge in [0.15, 0.2) is 0 Å². The zero-order chi connectivity index (χ0) is 24.2. The van der Waals surface area contributed by atoms with Gasteiger partial charge in [-0.1, -0.05) is 35.9 Å². The van der Waals surface area contributed by atoms with E-state index in [2.05, 4.69) is 52.5 Å². The Labute approximate surface area is 205 Å². The van der Waals surface area contributed by atoms with Crippen molar-refractivity contribution in [2.24, 2.45) is 0 Å². The van der Waals surface area contributed by atoms with E-state index in [4.69, 9.17) is 16.3 Å². The van der Waals surface area contributed by atoms with Gasteiger partial charge in [-0.05, 0) is 55.7 Å². The number of nitrogens with zero attached hydrogens (tertiary/aromatic N) is 2. The Bertz CT molecular complexity index is 1110. The highest BCUT2D eigenvalue weighted by Crippen LogP contribution is 2.30. The lowest BCUT2D eigenvalue weighted by Crippen LogP contribution is -2.52. The number of anilines is 1. The largest absolute Gasteiger partial charge is 0.463 e. The molecular weight excluding hydrogens is 452 g/mol. The van der Waals surface area contributed by atoms with E-state index in [1.807, 2.05) is 6.07 Å². The van der Waals surface area contributed by atoms with Crippen molar-refractivity contribution < 1.29 is 14.3 Å². The molecule has 1 saturated heterocycles. The molecule has 2 heterocycles. The van der Waals surface area contributed by atoms with Crippen LogP contribution in [0.1, 0.15) is 29.7 Å². The molecule has 1 fully saturated rings. The van der Waals surface area contributed by atoms with Gasteiger partial charge in [-0.25, -0.2) is 9.59 Å². The minimum Gasteiger partial charge on any atom is -0.463 e. The van der Waals surface area contributed by atoms with Gasteiger partial charge in [0, 0.05) is 49.1 Å². The van der Waals surface area contributed by atoms with Crippen LogP contribution in [0.3, 0.4) is 0 Å². The first-order valence-corrected chi connectivity index (χ1v) is 12.0. The summed E-state index contributed by atoms with van der Waals surface area (Å²) in [6.45, 7) is 10.2. The molecule has 180 valence electrons. The SMILES string of the molecule is CCOC(=O)C1=C(CN2CCN(c3cccc(C)c3C)CC2)NC(=O)N[C@H]1c1cccc(Cl)c1. The van der Waals surface area contributed by atoms with Crippen molar-refractivity contribution in [2.75, 3.05) is 44.2 Å². The molecule has 2 N–H and O–H groups in total. The number of halogens is 1. The molecule has 0 saturated carbocycles. The van der Waals surface area contributed by atoms with Gasteiger partial charge in [0.2, 0.25) is 0 Å². The van der Waals surface area contributed by atoms with Crippen molar-refractivity contribution in [3.05, 3.63) is 75.4 Å². The highest BCUT2D eigenvalue weighted by atomic mass is 35.5. The fraction of sp³-hybridized carbons (Fsp3) is 0.385. The number of benzene rings is 2. The molecule has 2 aromatic rings. The quantitative estimate of drug-likeness (QED) is 0.610. The second-order valence-electron chi connectivity index (χ2n) is 8.68. The van der Waals surface area contributed by atoms with Crippen LogP contribution in [0.5, 0.6) is 0 Å². The van der Waals surface area contributed by atoms with Crippen LogP contribution in [0.2, 0.25) is 5.02 Å². The zero-order valence-corrected chi connectivity index (χ0v) is 20.6. The predicted octanol–water partition coefficient (Wildman–Crippen LogP) is 3.95. The average molecular weight is 483 g/mol. The Morgan fingerprint density at radius 2 is 1.85 bits per heavy atom. The summed E-state index contributed by atoms with van der Waals surface area (Å²) in [6, 6.07) is 12.6. The Morgan fingerprint density at radius 3 is 2.56 bits per heavy atom. The number of aryl methyl sites for hydroxylation is 1. The zero-order valence-electron chi connectivity index (χ0n) is 19.9. The molecule has 34 heavy (non-hydrogen) atoms. The first kappa shape index (κ1) is 24.1. The Morgan fingerprint density at radius 1 is 1.12 bits per heavy atom. The van der Waals surface area contributed by atoms with Crippen LogP contribution in [0, 0.1) is 13.8 Å². The second kappa shape index (κ2) is 10.5. The molecule has 8 heteroatoms. The van der Waals surface area contributed by atoms with E-state index >= 15 is 0 Å². The van der Waals surface area contributed by atoms with Crippen LogP contribution in [-0.4, -0.2) is 56.2 Å². The standard InChI is InChI=1S/C26H31ClN4O3/c1-4-34-25(32)23-21(28-26(33)29-24(23)19-8-6-9-20(27)15-19)16-30-11-13-31(14-12-30)22-10-5-7-17(2)18(22)3/h5-10,15,24H,4,11-14,16H2,1-3H3,(H2,28,29,33)/t24-/m0/s1. The maximum Gasteiger partial charge on any atom is 0.338 e. The molecule has 2 aromatic carbocycles. The van der Waals surface area contributed by atoms with Gasteiger partial charge in [0.05, 0.1) is 18.2 Å². The maximum absolute atomic E-state index is 13.0. The summed E-state index contributed by atoms with van der Waals surface area (Å²) in [5.74, 6) is -0.441. The van der Waals surface area contributed by atoms with Crippen LogP contribution >= 0.6 is 11.6 Å². The second-order valence-corrected chi connectivity index (χ2v) is 9.12. The molecule has 1 atom stereocenters. The van der Waals surface area contributed by atoms with Crippen molar-refractivity contribution in [3.63, 3.8) is 0 Å². The number of ether oxygens (including phenoxy) is 1. The van der Waals surface area contributed by atoms with E-state index in [9.17, 15) is 9.59 Å². The lowest BCUT2D eigenvalue weighted by atomic mass is 9.95. The van der Waals surface area contributed by atoms with Gasteiger partial charge in [0.25, 0.3) is 0 Å². The number of esters is 1. The number of amides is 2. The van der Waals surface area contributed by atoms with Gasteiger partial charge in [-0.3, -0.25) is 4.90 Å². The van der Waals surface area contributed by atoms with Crippen LogP contribution in [-0.2, 0) is 9.53 Å². The monoisotopic (exact) mass is 482 g/mol. The fourth-order valence-corrected chi connectivity index (χ4v) is 4.78. The molecule has 0 radical (unpaired) electrons. The summed E-state index contributed by atoms with van der Waals surface area (Å²) in [4.78, 5) is 30.2. The lowest BCUT2D eigenvalue weighted by molar-refractivity contribution is -0.139. The number of hydrogen-bond acceptors (Lipinski definition) is 5. The summed E-state index contributed by atoms with van der Waals surface area (Å²) < 4.78 is 5.37. The first-order chi connectivity index (χ1) is 16.4.